The summed E-state index contributed by atoms with van der Waals surface area (Å²) >= 11 is 0. The molecular formula is C17H19NO2. The van der Waals surface area contributed by atoms with Gasteiger partial charge in [-0.1, -0.05) is 60.7 Å². The minimum absolute atomic E-state index is 0.103. The monoisotopic (exact) mass is 269 g/mol. The first-order valence-corrected chi connectivity index (χ1v) is 6.82. The highest BCUT2D eigenvalue weighted by Crippen LogP contribution is 2.21. The van der Waals surface area contributed by atoms with E-state index in [1.165, 1.54) is 11.1 Å². The van der Waals surface area contributed by atoms with Gasteiger partial charge in [0.25, 0.3) is 0 Å². The number of rotatable bonds is 7. The Balaban J connectivity index is 2.07. The van der Waals surface area contributed by atoms with Gasteiger partial charge in [-0.25, -0.2) is 0 Å². The lowest BCUT2D eigenvalue weighted by Crippen LogP contribution is -2.24. The molecule has 0 spiro atoms. The molecule has 2 aromatic rings. The van der Waals surface area contributed by atoms with Gasteiger partial charge in [-0.15, -0.1) is 0 Å². The van der Waals surface area contributed by atoms with Crippen LogP contribution in [0.15, 0.2) is 60.7 Å². The summed E-state index contributed by atoms with van der Waals surface area (Å²) in [5, 5.41) is 12.1. The third kappa shape index (κ3) is 4.21. The first-order chi connectivity index (χ1) is 9.77. The lowest BCUT2D eigenvalue weighted by molar-refractivity contribution is -0.137. The number of benzene rings is 2. The van der Waals surface area contributed by atoms with Gasteiger partial charge in [-0.05, 0) is 24.1 Å². The Morgan fingerprint density at radius 3 is 1.90 bits per heavy atom. The van der Waals surface area contributed by atoms with Crippen molar-refractivity contribution in [2.45, 2.75) is 18.9 Å². The zero-order valence-corrected chi connectivity index (χ0v) is 11.3. The van der Waals surface area contributed by atoms with Crippen molar-refractivity contribution in [3.63, 3.8) is 0 Å². The van der Waals surface area contributed by atoms with Crippen molar-refractivity contribution in [2.24, 2.45) is 0 Å². The summed E-state index contributed by atoms with van der Waals surface area (Å²) in [6.07, 6.45) is 0.828. The van der Waals surface area contributed by atoms with E-state index >= 15 is 0 Å². The molecule has 0 bridgehead atoms. The third-order valence-corrected chi connectivity index (χ3v) is 3.18. The van der Waals surface area contributed by atoms with Crippen LogP contribution in [0.3, 0.4) is 0 Å². The second kappa shape index (κ2) is 7.46. The zero-order valence-electron chi connectivity index (χ0n) is 11.3. The Labute approximate surface area is 119 Å². The molecule has 0 saturated carbocycles. The molecule has 0 aliphatic heterocycles. The van der Waals surface area contributed by atoms with E-state index in [1.807, 2.05) is 36.4 Å². The fourth-order valence-electron chi connectivity index (χ4n) is 2.21. The maximum absolute atomic E-state index is 10.6. The van der Waals surface area contributed by atoms with Crippen LogP contribution in [0.4, 0.5) is 0 Å². The van der Waals surface area contributed by atoms with Crippen LogP contribution in [0.5, 0.6) is 0 Å². The van der Waals surface area contributed by atoms with E-state index in [0.717, 1.165) is 0 Å². The molecule has 2 rings (SSSR count). The lowest BCUT2D eigenvalue weighted by Gasteiger charge is -2.19. The number of carboxylic acids is 1. The minimum Gasteiger partial charge on any atom is -0.481 e. The SMILES string of the molecule is O=C(O)CCCNC(c1ccccc1)c1ccccc1. The number of nitrogens with one attached hydrogen (secondary N) is 1. The van der Waals surface area contributed by atoms with Crippen molar-refractivity contribution in [2.75, 3.05) is 6.54 Å². The van der Waals surface area contributed by atoms with Crippen LogP contribution in [0.25, 0.3) is 0 Å². The third-order valence-electron chi connectivity index (χ3n) is 3.18. The van der Waals surface area contributed by atoms with Crippen molar-refractivity contribution in [3.8, 4) is 0 Å². The first kappa shape index (κ1) is 14.3. The molecule has 104 valence electrons. The number of carbonyl (C=O) groups is 1. The lowest BCUT2D eigenvalue weighted by atomic mass is 9.98. The molecule has 0 heterocycles. The fourth-order valence-corrected chi connectivity index (χ4v) is 2.21. The molecule has 2 aromatic carbocycles. The van der Waals surface area contributed by atoms with Crippen molar-refractivity contribution in [1.82, 2.24) is 5.32 Å². The van der Waals surface area contributed by atoms with E-state index < -0.39 is 5.97 Å². The average Bonchev–Trinajstić information content (AvgIpc) is 2.49. The molecule has 0 aliphatic carbocycles. The number of hydrogen-bond donors (Lipinski definition) is 2. The topological polar surface area (TPSA) is 49.3 Å². The first-order valence-electron chi connectivity index (χ1n) is 6.82. The normalized spacial score (nSPS) is 10.7. The average molecular weight is 269 g/mol. The summed E-state index contributed by atoms with van der Waals surface area (Å²) in [6.45, 7) is 0.681. The predicted octanol–water partition coefficient (Wildman–Crippen LogP) is 3.23. The van der Waals surface area contributed by atoms with Gasteiger partial charge in [0.2, 0.25) is 0 Å². The van der Waals surface area contributed by atoms with E-state index in [1.54, 1.807) is 0 Å². The highest BCUT2D eigenvalue weighted by atomic mass is 16.4. The van der Waals surface area contributed by atoms with Crippen molar-refractivity contribution in [1.29, 1.82) is 0 Å². The van der Waals surface area contributed by atoms with Crippen LogP contribution in [-0.4, -0.2) is 17.6 Å². The second-order valence-electron chi connectivity index (χ2n) is 4.71. The molecule has 0 amide bonds. The van der Waals surface area contributed by atoms with Gasteiger partial charge in [-0.2, -0.15) is 0 Å². The Morgan fingerprint density at radius 1 is 0.950 bits per heavy atom. The van der Waals surface area contributed by atoms with Gasteiger partial charge in [0.15, 0.2) is 0 Å². The molecule has 3 nitrogen and oxygen atoms in total. The molecule has 0 aliphatic rings. The summed E-state index contributed by atoms with van der Waals surface area (Å²) in [6, 6.07) is 20.5. The maximum Gasteiger partial charge on any atom is 0.303 e. The standard InChI is InChI=1S/C17H19NO2/c19-16(20)12-7-13-18-17(14-8-3-1-4-9-14)15-10-5-2-6-11-15/h1-6,8-11,17-18H,7,12-13H2,(H,19,20). The van der Waals surface area contributed by atoms with E-state index in [2.05, 4.69) is 29.6 Å². The smallest absolute Gasteiger partial charge is 0.303 e. The summed E-state index contributed by atoms with van der Waals surface area (Å²) in [7, 11) is 0. The van der Waals surface area contributed by atoms with Gasteiger partial charge >= 0.3 is 5.97 Å². The summed E-state index contributed by atoms with van der Waals surface area (Å²) in [4.78, 5) is 10.6. The van der Waals surface area contributed by atoms with Crippen LogP contribution in [0.2, 0.25) is 0 Å². The van der Waals surface area contributed by atoms with E-state index in [4.69, 9.17) is 5.11 Å². The van der Waals surface area contributed by atoms with Gasteiger partial charge in [0, 0.05) is 6.42 Å². The number of carboxylic acid groups (broad SMARTS) is 1. The van der Waals surface area contributed by atoms with Crippen LogP contribution < -0.4 is 5.32 Å². The summed E-state index contributed by atoms with van der Waals surface area (Å²) in [5.74, 6) is -0.747. The molecule has 20 heavy (non-hydrogen) atoms. The van der Waals surface area contributed by atoms with Crippen molar-refractivity contribution in [3.05, 3.63) is 71.8 Å². The van der Waals surface area contributed by atoms with Crippen LogP contribution in [-0.2, 0) is 4.79 Å². The molecule has 0 saturated heterocycles. The molecule has 0 atom stereocenters. The number of hydrogen-bond acceptors (Lipinski definition) is 2. The van der Waals surface area contributed by atoms with Gasteiger partial charge in [0.05, 0.1) is 6.04 Å². The van der Waals surface area contributed by atoms with E-state index in [9.17, 15) is 4.79 Å². The van der Waals surface area contributed by atoms with Gasteiger partial charge in [0.1, 0.15) is 0 Å². The minimum atomic E-state index is -0.747. The highest BCUT2D eigenvalue weighted by Gasteiger charge is 2.12. The van der Waals surface area contributed by atoms with Crippen molar-refractivity contribution < 1.29 is 9.90 Å². The maximum atomic E-state index is 10.6. The Morgan fingerprint density at radius 2 is 1.45 bits per heavy atom. The van der Waals surface area contributed by atoms with Crippen LogP contribution in [0, 0.1) is 0 Å². The molecular weight excluding hydrogens is 250 g/mol. The summed E-state index contributed by atoms with van der Waals surface area (Å²) in [5.41, 5.74) is 2.38. The van der Waals surface area contributed by atoms with Gasteiger partial charge in [-0.3, -0.25) is 4.79 Å². The second-order valence-corrected chi connectivity index (χ2v) is 4.71. The Hall–Kier alpha value is -2.13. The van der Waals surface area contributed by atoms with E-state index in [-0.39, 0.29) is 12.5 Å². The largest absolute Gasteiger partial charge is 0.481 e. The molecule has 3 heteroatoms. The van der Waals surface area contributed by atoms with Crippen molar-refractivity contribution >= 4 is 5.97 Å². The highest BCUT2D eigenvalue weighted by molar-refractivity contribution is 5.66. The zero-order chi connectivity index (χ0) is 14.2. The van der Waals surface area contributed by atoms with E-state index in [0.29, 0.717) is 13.0 Å². The fraction of sp³-hybridized carbons (Fsp3) is 0.235. The van der Waals surface area contributed by atoms with Crippen LogP contribution >= 0.6 is 0 Å². The van der Waals surface area contributed by atoms with Crippen LogP contribution in [0.1, 0.15) is 30.0 Å². The Kier molecular flexibility index (Phi) is 5.33. The quantitative estimate of drug-likeness (QED) is 0.759. The van der Waals surface area contributed by atoms with Gasteiger partial charge < -0.3 is 10.4 Å². The molecule has 0 aromatic heterocycles. The molecule has 2 N–H and O–H groups in total. The number of aliphatic carboxylic acids is 1. The molecule has 0 unspecified atom stereocenters. The Bertz CT molecular complexity index is 486. The molecule has 0 fully saturated rings. The summed E-state index contributed by atoms with van der Waals surface area (Å²) < 4.78 is 0. The molecule has 0 radical (unpaired) electrons. The predicted molar refractivity (Wildman–Crippen MR) is 79.6 cm³/mol.